The Morgan fingerprint density at radius 1 is 1.50 bits per heavy atom. The van der Waals surface area contributed by atoms with Gasteiger partial charge in [0.15, 0.2) is 0 Å². The van der Waals surface area contributed by atoms with E-state index in [1.54, 1.807) is 12.0 Å². The Labute approximate surface area is 118 Å². The Bertz CT molecular complexity index is 408. The molecule has 1 fully saturated rings. The maximum absolute atomic E-state index is 12.3. The van der Waals surface area contributed by atoms with E-state index in [1.807, 2.05) is 0 Å². The molecule has 0 aliphatic carbocycles. The molecule has 114 valence electrons. The third-order valence-corrected chi connectivity index (χ3v) is 3.82. The Morgan fingerprint density at radius 3 is 2.60 bits per heavy atom. The number of amides is 2. The molecule has 1 N–H and O–H groups in total. The molecule has 1 saturated heterocycles. The Morgan fingerprint density at radius 2 is 2.10 bits per heavy atom. The van der Waals surface area contributed by atoms with Crippen LogP contribution in [0.5, 0.6) is 0 Å². The van der Waals surface area contributed by atoms with Gasteiger partial charge in [0, 0.05) is 33.7 Å². The summed E-state index contributed by atoms with van der Waals surface area (Å²) in [6, 6.07) is 0. The number of carbonyl (C=O) groups is 3. The second-order valence-corrected chi connectivity index (χ2v) is 5.50. The van der Waals surface area contributed by atoms with Gasteiger partial charge in [0.1, 0.15) is 5.54 Å². The molecule has 0 radical (unpaired) electrons. The van der Waals surface area contributed by atoms with E-state index in [2.05, 4.69) is 0 Å². The van der Waals surface area contributed by atoms with Crippen molar-refractivity contribution in [2.45, 2.75) is 25.8 Å². The van der Waals surface area contributed by atoms with Crippen molar-refractivity contribution in [2.24, 2.45) is 5.92 Å². The van der Waals surface area contributed by atoms with Crippen LogP contribution in [-0.4, -0.2) is 72.1 Å². The van der Waals surface area contributed by atoms with Crippen molar-refractivity contribution < 1.29 is 24.2 Å². The van der Waals surface area contributed by atoms with E-state index < -0.39 is 17.4 Å². The van der Waals surface area contributed by atoms with Crippen molar-refractivity contribution in [3.63, 3.8) is 0 Å². The Balaban J connectivity index is 2.70. The number of aliphatic carboxylic acids is 1. The molecule has 0 spiro atoms. The zero-order valence-electron chi connectivity index (χ0n) is 12.4. The molecule has 20 heavy (non-hydrogen) atoms. The van der Waals surface area contributed by atoms with E-state index in [0.717, 1.165) is 0 Å². The highest BCUT2D eigenvalue weighted by Crippen LogP contribution is 2.23. The summed E-state index contributed by atoms with van der Waals surface area (Å²) in [6.07, 6.45) is 0.128. The maximum atomic E-state index is 12.3. The van der Waals surface area contributed by atoms with Gasteiger partial charge in [0.05, 0.1) is 12.5 Å². The maximum Gasteiger partial charge on any atom is 0.329 e. The Kier molecular flexibility index (Phi) is 5.10. The SMILES string of the molecule is COCCN1CC(C(=O)N(C)C(C)(C)C(=O)O)CC1=O. The molecule has 1 aliphatic heterocycles. The van der Waals surface area contributed by atoms with Crippen LogP contribution >= 0.6 is 0 Å². The number of hydrogen-bond acceptors (Lipinski definition) is 4. The summed E-state index contributed by atoms with van der Waals surface area (Å²) in [5.74, 6) is -1.97. The smallest absolute Gasteiger partial charge is 0.329 e. The molecule has 0 aromatic heterocycles. The molecule has 0 bridgehead atoms. The minimum Gasteiger partial charge on any atom is -0.480 e. The minimum absolute atomic E-state index is 0.0954. The number of methoxy groups -OCH3 is 1. The minimum atomic E-state index is -1.29. The quantitative estimate of drug-likeness (QED) is 0.731. The average molecular weight is 286 g/mol. The van der Waals surface area contributed by atoms with Crippen LogP contribution in [0.4, 0.5) is 0 Å². The molecule has 1 aliphatic rings. The fraction of sp³-hybridized carbons (Fsp3) is 0.769. The normalized spacial score (nSPS) is 19.3. The lowest BCUT2D eigenvalue weighted by Gasteiger charge is -2.33. The topological polar surface area (TPSA) is 87.2 Å². The van der Waals surface area contributed by atoms with Gasteiger partial charge in [-0.3, -0.25) is 9.59 Å². The summed E-state index contributed by atoms with van der Waals surface area (Å²) in [4.78, 5) is 38.0. The van der Waals surface area contributed by atoms with Gasteiger partial charge < -0.3 is 19.6 Å². The number of likely N-dealkylation sites (tertiary alicyclic amines) is 1. The molecule has 0 saturated carbocycles. The van der Waals surface area contributed by atoms with Gasteiger partial charge in [0.25, 0.3) is 0 Å². The van der Waals surface area contributed by atoms with Crippen LogP contribution in [0.2, 0.25) is 0 Å². The van der Waals surface area contributed by atoms with Gasteiger partial charge in [-0.2, -0.15) is 0 Å². The third kappa shape index (κ3) is 3.27. The highest BCUT2D eigenvalue weighted by Gasteiger charge is 2.41. The number of hydrogen-bond donors (Lipinski definition) is 1. The number of nitrogens with zero attached hydrogens (tertiary/aromatic N) is 2. The fourth-order valence-corrected chi connectivity index (χ4v) is 2.05. The van der Waals surface area contributed by atoms with Crippen LogP contribution in [0.3, 0.4) is 0 Å². The molecular formula is C13H22N2O5. The molecule has 1 unspecified atom stereocenters. The monoisotopic (exact) mass is 286 g/mol. The van der Waals surface area contributed by atoms with Gasteiger partial charge in [-0.05, 0) is 13.8 Å². The predicted octanol–water partition coefficient (Wildman–Crippen LogP) is -0.197. The van der Waals surface area contributed by atoms with Crippen LogP contribution in [-0.2, 0) is 19.1 Å². The zero-order chi connectivity index (χ0) is 15.5. The lowest BCUT2D eigenvalue weighted by atomic mass is 10.00. The second kappa shape index (κ2) is 6.21. The van der Waals surface area contributed by atoms with Crippen molar-refractivity contribution in [3.05, 3.63) is 0 Å². The van der Waals surface area contributed by atoms with Gasteiger partial charge in [-0.25, -0.2) is 4.79 Å². The lowest BCUT2D eigenvalue weighted by Crippen LogP contribution is -2.52. The Hall–Kier alpha value is -1.63. The van der Waals surface area contributed by atoms with Crippen molar-refractivity contribution in [1.29, 1.82) is 0 Å². The summed E-state index contributed by atoms with van der Waals surface area (Å²) in [7, 11) is 3.01. The zero-order valence-corrected chi connectivity index (χ0v) is 12.4. The largest absolute Gasteiger partial charge is 0.480 e. The average Bonchev–Trinajstić information content (AvgIpc) is 2.75. The van der Waals surface area contributed by atoms with E-state index in [9.17, 15) is 14.4 Å². The first-order valence-electron chi connectivity index (χ1n) is 6.49. The van der Waals surface area contributed by atoms with Crippen molar-refractivity contribution in [3.8, 4) is 0 Å². The number of carbonyl (C=O) groups excluding carboxylic acids is 2. The molecule has 1 atom stereocenters. The summed E-state index contributed by atoms with van der Waals surface area (Å²) in [5, 5.41) is 9.14. The van der Waals surface area contributed by atoms with E-state index in [1.165, 1.54) is 25.8 Å². The molecule has 7 heteroatoms. The van der Waals surface area contributed by atoms with E-state index in [-0.39, 0.29) is 18.2 Å². The molecule has 1 heterocycles. The van der Waals surface area contributed by atoms with Crippen molar-refractivity contribution in [1.82, 2.24) is 9.80 Å². The highest BCUT2D eigenvalue weighted by molar-refractivity contribution is 5.92. The number of likely N-dealkylation sites (N-methyl/N-ethyl adjacent to an activating group) is 1. The number of carboxylic acids is 1. The van der Waals surface area contributed by atoms with E-state index in [4.69, 9.17) is 9.84 Å². The first kappa shape index (κ1) is 16.4. The summed E-state index contributed by atoms with van der Waals surface area (Å²) >= 11 is 0. The summed E-state index contributed by atoms with van der Waals surface area (Å²) in [5.41, 5.74) is -1.29. The standard InChI is InChI=1S/C13H22N2O5/c1-13(2,12(18)19)14(3)11(17)9-7-10(16)15(8-9)5-6-20-4/h9H,5-8H2,1-4H3,(H,18,19). The molecule has 0 aromatic rings. The number of carboxylic acid groups (broad SMARTS) is 1. The van der Waals surface area contributed by atoms with E-state index >= 15 is 0 Å². The molecule has 0 aromatic carbocycles. The van der Waals surface area contributed by atoms with Crippen LogP contribution in [0, 0.1) is 5.92 Å². The van der Waals surface area contributed by atoms with Crippen LogP contribution < -0.4 is 0 Å². The van der Waals surface area contributed by atoms with Crippen LogP contribution in [0.1, 0.15) is 20.3 Å². The highest BCUT2D eigenvalue weighted by atomic mass is 16.5. The summed E-state index contributed by atoms with van der Waals surface area (Å²) in [6.45, 7) is 4.12. The third-order valence-electron chi connectivity index (χ3n) is 3.82. The van der Waals surface area contributed by atoms with Gasteiger partial charge in [-0.15, -0.1) is 0 Å². The van der Waals surface area contributed by atoms with Crippen molar-refractivity contribution in [2.75, 3.05) is 33.9 Å². The summed E-state index contributed by atoms with van der Waals surface area (Å²) < 4.78 is 4.91. The molecular weight excluding hydrogens is 264 g/mol. The van der Waals surface area contributed by atoms with Gasteiger partial charge in [-0.1, -0.05) is 0 Å². The number of rotatable bonds is 6. The molecule has 1 rings (SSSR count). The fourth-order valence-electron chi connectivity index (χ4n) is 2.05. The first-order chi connectivity index (χ1) is 9.21. The first-order valence-corrected chi connectivity index (χ1v) is 6.49. The van der Waals surface area contributed by atoms with Crippen LogP contribution in [0.25, 0.3) is 0 Å². The van der Waals surface area contributed by atoms with E-state index in [0.29, 0.717) is 19.7 Å². The predicted molar refractivity (Wildman–Crippen MR) is 71.0 cm³/mol. The number of ether oxygens (including phenoxy) is 1. The van der Waals surface area contributed by atoms with Gasteiger partial charge >= 0.3 is 5.97 Å². The molecule has 2 amide bonds. The van der Waals surface area contributed by atoms with Crippen molar-refractivity contribution >= 4 is 17.8 Å². The lowest BCUT2D eigenvalue weighted by molar-refractivity contribution is -0.156. The van der Waals surface area contributed by atoms with Crippen LogP contribution in [0.15, 0.2) is 0 Å². The van der Waals surface area contributed by atoms with Gasteiger partial charge in [0.2, 0.25) is 11.8 Å². The second-order valence-electron chi connectivity index (χ2n) is 5.50. The molecule has 7 nitrogen and oxygen atoms in total.